The molecule has 7 nitrogen and oxygen atoms in total. The number of amides is 2. The predicted molar refractivity (Wildman–Crippen MR) is 122 cm³/mol. The number of carbonyl (C=O) groups is 2. The van der Waals surface area contributed by atoms with Crippen molar-refractivity contribution in [3.63, 3.8) is 0 Å². The number of nitrogens with one attached hydrogen (secondary N) is 3. The number of halogens is 1. The molecule has 1 heterocycles. The first kappa shape index (κ1) is 21.5. The van der Waals surface area contributed by atoms with E-state index in [2.05, 4.69) is 32.1 Å². The van der Waals surface area contributed by atoms with E-state index >= 15 is 0 Å². The van der Waals surface area contributed by atoms with Crippen molar-refractivity contribution in [3.8, 4) is 5.75 Å². The molecule has 0 aliphatic heterocycles. The molecule has 30 heavy (non-hydrogen) atoms. The molecule has 0 fully saturated rings. The summed E-state index contributed by atoms with van der Waals surface area (Å²) in [4.78, 5) is 23.8. The van der Waals surface area contributed by atoms with Crippen LogP contribution in [0.1, 0.15) is 11.5 Å². The van der Waals surface area contributed by atoms with E-state index in [1.54, 1.807) is 18.2 Å². The standard InChI is InChI=1S/C21H18BrN3O4S/c1-13-6-8-15(29-13)9-11-18(26)23-21(30)25-24-19(27)12-28-17-10-7-14-4-2-3-5-16(14)20(17)22/h2-11H,12H2,1H3,(H,24,27)(H2,23,25,26,30)/b11-9+. The summed E-state index contributed by atoms with van der Waals surface area (Å²) in [5.41, 5.74) is 4.81. The number of rotatable bonds is 5. The molecule has 0 bridgehead atoms. The number of carbonyl (C=O) groups excluding carboxylic acids is 2. The molecule has 0 aliphatic rings. The first-order chi connectivity index (χ1) is 14.4. The van der Waals surface area contributed by atoms with Gasteiger partial charge in [0.05, 0.1) is 4.47 Å². The molecule has 0 unspecified atom stereocenters. The van der Waals surface area contributed by atoms with E-state index in [1.807, 2.05) is 37.3 Å². The minimum absolute atomic E-state index is 0.0551. The molecule has 3 aromatic rings. The highest BCUT2D eigenvalue weighted by atomic mass is 79.9. The number of ether oxygens (including phenoxy) is 1. The number of fused-ring (bicyclic) bond motifs is 1. The average molecular weight is 488 g/mol. The molecule has 9 heteroatoms. The van der Waals surface area contributed by atoms with Gasteiger partial charge in [-0.3, -0.25) is 25.8 Å². The van der Waals surface area contributed by atoms with Crippen LogP contribution in [0.5, 0.6) is 5.75 Å². The summed E-state index contributed by atoms with van der Waals surface area (Å²) in [7, 11) is 0. The molecule has 1 aromatic heterocycles. The van der Waals surface area contributed by atoms with E-state index in [9.17, 15) is 9.59 Å². The Balaban J connectivity index is 1.43. The maximum absolute atomic E-state index is 12.0. The number of hydrogen-bond donors (Lipinski definition) is 3. The van der Waals surface area contributed by atoms with E-state index in [0.717, 1.165) is 21.0 Å². The monoisotopic (exact) mass is 487 g/mol. The molecule has 3 rings (SSSR count). The van der Waals surface area contributed by atoms with Gasteiger partial charge in [0.1, 0.15) is 17.3 Å². The van der Waals surface area contributed by atoms with Gasteiger partial charge in [0.25, 0.3) is 5.91 Å². The van der Waals surface area contributed by atoms with Crippen LogP contribution in [0.15, 0.2) is 63.5 Å². The lowest BCUT2D eigenvalue weighted by Crippen LogP contribution is -2.49. The Labute approximate surface area is 186 Å². The number of thiocarbonyl (C=S) groups is 1. The summed E-state index contributed by atoms with van der Waals surface area (Å²) in [6, 6.07) is 15.0. The minimum atomic E-state index is -0.466. The van der Waals surface area contributed by atoms with Crippen molar-refractivity contribution in [3.05, 3.63) is 70.6 Å². The lowest BCUT2D eigenvalue weighted by molar-refractivity contribution is -0.123. The highest BCUT2D eigenvalue weighted by Gasteiger charge is 2.09. The Morgan fingerprint density at radius 3 is 2.70 bits per heavy atom. The zero-order chi connectivity index (χ0) is 21.5. The van der Waals surface area contributed by atoms with Gasteiger partial charge < -0.3 is 9.15 Å². The summed E-state index contributed by atoms with van der Waals surface area (Å²) < 4.78 is 11.6. The Kier molecular flexibility index (Phi) is 7.21. The highest BCUT2D eigenvalue weighted by molar-refractivity contribution is 9.10. The molecular formula is C21H18BrN3O4S. The van der Waals surface area contributed by atoms with Crippen LogP contribution in [0.3, 0.4) is 0 Å². The average Bonchev–Trinajstić information content (AvgIpc) is 3.15. The molecule has 0 spiro atoms. The predicted octanol–water partition coefficient (Wildman–Crippen LogP) is 3.62. The summed E-state index contributed by atoms with van der Waals surface area (Å²) in [6.45, 7) is 1.57. The Morgan fingerprint density at radius 1 is 1.13 bits per heavy atom. The van der Waals surface area contributed by atoms with Gasteiger partial charge in [0, 0.05) is 6.08 Å². The maximum atomic E-state index is 12.0. The van der Waals surface area contributed by atoms with Gasteiger partial charge in [0.2, 0.25) is 5.91 Å². The first-order valence-corrected chi connectivity index (χ1v) is 10.1. The van der Waals surface area contributed by atoms with Crippen LogP contribution in [0.4, 0.5) is 0 Å². The fraction of sp³-hybridized carbons (Fsp3) is 0.0952. The number of hydrazine groups is 1. The first-order valence-electron chi connectivity index (χ1n) is 8.87. The fourth-order valence-electron chi connectivity index (χ4n) is 2.52. The van der Waals surface area contributed by atoms with Crippen LogP contribution < -0.4 is 20.9 Å². The van der Waals surface area contributed by atoms with Gasteiger partial charge in [-0.25, -0.2) is 0 Å². The third-order valence-electron chi connectivity index (χ3n) is 3.90. The third-order valence-corrected chi connectivity index (χ3v) is 4.92. The van der Waals surface area contributed by atoms with E-state index in [4.69, 9.17) is 21.4 Å². The second-order valence-corrected chi connectivity index (χ2v) is 7.36. The molecule has 2 amide bonds. The molecular weight excluding hydrogens is 470 g/mol. The zero-order valence-corrected chi connectivity index (χ0v) is 18.3. The Bertz CT molecular complexity index is 1130. The normalized spacial score (nSPS) is 10.7. The molecule has 0 radical (unpaired) electrons. The molecule has 0 saturated heterocycles. The lowest BCUT2D eigenvalue weighted by atomic mass is 10.1. The van der Waals surface area contributed by atoms with Gasteiger partial charge in [-0.15, -0.1) is 0 Å². The second kappa shape index (κ2) is 10.0. The number of aryl methyl sites for hydroxylation is 1. The summed E-state index contributed by atoms with van der Waals surface area (Å²) in [6.07, 6.45) is 2.78. The molecule has 0 aliphatic carbocycles. The SMILES string of the molecule is Cc1ccc(/C=C/C(=O)NC(=S)NNC(=O)COc2ccc3ccccc3c2Br)o1. The summed E-state index contributed by atoms with van der Waals surface area (Å²) in [5, 5.41) is 4.39. The molecule has 2 aromatic carbocycles. The number of furan rings is 1. The van der Waals surface area contributed by atoms with Gasteiger partial charge in [-0.1, -0.05) is 30.3 Å². The fourth-order valence-corrected chi connectivity index (χ4v) is 3.28. The largest absolute Gasteiger partial charge is 0.483 e. The zero-order valence-electron chi connectivity index (χ0n) is 15.9. The smallest absolute Gasteiger partial charge is 0.276 e. The molecule has 3 N–H and O–H groups in total. The van der Waals surface area contributed by atoms with Crippen molar-refractivity contribution in [1.29, 1.82) is 0 Å². The van der Waals surface area contributed by atoms with Gasteiger partial charge >= 0.3 is 0 Å². The molecule has 0 saturated carbocycles. The number of benzene rings is 2. The van der Waals surface area contributed by atoms with E-state index < -0.39 is 11.8 Å². The third kappa shape index (κ3) is 5.91. The van der Waals surface area contributed by atoms with Crippen LogP contribution in [0.2, 0.25) is 0 Å². The van der Waals surface area contributed by atoms with Crippen LogP contribution in [0.25, 0.3) is 16.8 Å². The highest BCUT2D eigenvalue weighted by Crippen LogP contribution is 2.32. The van der Waals surface area contributed by atoms with E-state index in [0.29, 0.717) is 11.5 Å². The van der Waals surface area contributed by atoms with Crippen molar-refractivity contribution >= 4 is 61.9 Å². The summed E-state index contributed by atoms with van der Waals surface area (Å²) in [5.74, 6) is 0.901. The Morgan fingerprint density at radius 2 is 1.93 bits per heavy atom. The van der Waals surface area contributed by atoms with Gasteiger partial charge in [0.15, 0.2) is 11.7 Å². The summed E-state index contributed by atoms with van der Waals surface area (Å²) >= 11 is 8.47. The van der Waals surface area contributed by atoms with Crippen LogP contribution in [-0.2, 0) is 9.59 Å². The topological polar surface area (TPSA) is 92.6 Å². The maximum Gasteiger partial charge on any atom is 0.276 e. The van der Waals surface area contributed by atoms with Crippen LogP contribution in [0, 0.1) is 6.92 Å². The van der Waals surface area contributed by atoms with Crippen molar-refractivity contribution in [1.82, 2.24) is 16.2 Å². The van der Waals surface area contributed by atoms with Crippen molar-refractivity contribution < 1.29 is 18.7 Å². The second-order valence-electron chi connectivity index (χ2n) is 6.16. The molecule has 154 valence electrons. The van der Waals surface area contributed by atoms with Gasteiger partial charge in [-0.05, 0) is 70.1 Å². The van der Waals surface area contributed by atoms with Crippen molar-refractivity contribution in [2.24, 2.45) is 0 Å². The van der Waals surface area contributed by atoms with E-state index in [1.165, 1.54) is 12.2 Å². The van der Waals surface area contributed by atoms with Crippen molar-refractivity contribution in [2.75, 3.05) is 6.61 Å². The Hall–Kier alpha value is -3.17. The number of hydrogen-bond acceptors (Lipinski definition) is 5. The lowest BCUT2D eigenvalue weighted by Gasteiger charge is -2.12. The molecule has 0 atom stereocenters. The van der Waals surface area contributed by atoms with Crippen LogP contribution in [-0.4, -0.2) is 23.5 Å². The van der Waals surface area contributed by atoms with Gasteiger partial charge in [-0.2, -0.15) is 0 Å². The minimum Gasteiger partial charge on any atom is -0.483 e. The van der Waals surface area contributed by atoms with Crippen LogP contribution >= 0.6 is 28.1 Å². The quantitative estimate of drug-likeness (QED) is 0.289. The van der Waals surface area contributed by atoms with Crippen molar-refractivity contribution in [2.45, 2.75) is 6.92 Å². The van der Waals surface area contributed by atoms with E-state index in [-0.39, 0.29) is 11.7 Å².